The second kappa shape index (κ2) is 10.6. The Balaban J connectivity index is 1.53. The van der Waals surface area contributed by atoms with Crippen molar-refractivity contribution in [3.63, 3.8) is 0 Å². The Morgan fingerprint density at radius 3 is 2.17 bits per heavy atom. The average Bonchev–Trinajstić information content (AvgIpc) is 2.85. The van der Waals surface area contributed by atoms with Gasteiger partial charge in [-0.25, -0.2) is 17.6 Å². The fourth-order valence-corrected chi connectivity index (χ4v) is 4.44. The third kappa shape index (κ3) is 4.96. The average molecular weight is 488 g/mol. The number of allylic oxidation sites excluding steroid dienone is 1. The fourth-order valence-electron chi connectivity index (χ4n) is 4.44. The molecule has 2 unspecified atom stereocenters. The van der Waals surface area contributed by atoms with E-state index < -0.39 is 40.5 Å². The highest BCUT2D eigenvalue weighted by molar-refractivity contribution is 5.66. The summed E-state index contributed by atoms with van der Waals surface area (Å²) in [6, 6.07) is 9.85. The molecule has 0 saturated carbocycles. The van der Waals surface area contributed by atoms with Crippen LogP contribution in [0.1, 0.15) is 55.4 Å². The number of ether oxygens (including phenoxy) is 2. The van der Waals surface area contributed by atoms with E-state index in [-0.39, 0.29) is 36.3 Å². The van der Waals surface area contributed by atoms with Gasteiger partial charge >= 0.3 is 0 Å². The van der Waals surface area contributed by atoms with Gasteiger partial charge in [-0.05, 0) is 56.0 Å². The highest BCUT2D eigenvalue weighted by atomic mass is 19.2. The fraction of sp³-hybridized carbons (Fsp3) is 0.286. The highest BCUT2D eigenvalue weighted by Crippen LogP contribution is 2.40. The lowest BCUT2D eigenvalue weighted by Gasteiger charge is -2.30. The molecule has 0 aliphatic carbocycles. The normalized spacial score (nSPS) is 18.3. The summed E-state index contributed by atoms with van der Waals surface area (Å²) in [4.78, 5) is 0. The van der Waals surface area contributed by atoms with Gasteiger partial charge in [0.2, 0.25) is 5.82 Å². The first-order chi connectivity index (χ1) is 16.8. The van der Waals surface area contributed by atoms with Gasteiger partial charge in [-0.2, -0.15) is 4.39 Å². The first-order valence-electron chi connectivity index (χ1n) is 11.5. The van der Waals surface area contributed by atoms with E-state index in [1.165, 1.54) is 24.3 Å². The molecule has 0 N–H and O–H groups in total. The third-order valence-electron chi connectivity index (χ3n) is 6.20. The maximum atomic E-state index is 15.0. The summed E-state index contributed by atoms with van der Waals surface area (Å²) in [5, 5.41) is 0. The number of hydrogen-bond donors (Lipinski definition) is 0. The zero-order valence-electron chi connectivity index (χ0n) is 19.4. The van der Waals surface area contributed by atoms with Gasteiger partial charge < -0.3 is 9.47 Å². The summed E-state index contributed by atoms with van der Waals surface area (Å²) in [5.41, 5.74) is 0.454. The molecule has 0 radical (unpaired) electrons. The van der Waals surface area contributed by atoms with Crippen molar-refractivity contribution < 1.29 is 31.4 Å². The lowest BCUT2D eigenvalue weighted by atomic mass is 9.88. The minimum absolute atomic E-state index is 0.0135. The molecule has 0 bridgehead atoms. The van der Waals surface area contributed by atoms with Crippen molar-refractivity contribution in [2.75, 3.05) is 13.2 Å². The summed E-state index contributed by atoms with van der Waals surface area (Å²) < 4.78 is 84.1. The number of hydrogen-bond acceptors (Lipinski definition) is 2. The van der Waals surface area contributed by atoms with Crippen LogP contribution in [0.15, 0.2) is 48.5 Å². The van der Waals surface area contributed by atoms with Gasteiger partial charge in [-0.1, -0.05) is 36.4 Å². The van der Waals surface area contributed by atoms with Crippen molar-refractivity contribution in [1.29, 1.82) is 0 Å². The second-order valence-corrected chi connectivity index (χ2v) is 8.38. The van der Waals surface area contributed by atoms with E-state index in [2.05, 4.69) is 0 Å². The molecule has 7 heteroatoms. The molecule has 1 fully saturated rings. The van der Waals surface area contributed by atoms with E-state index in [1.807, 2.05) is 19.1 Å². The van der Waals surface area contributed by atoms with E-state index in [0.29, 0.717) is 18.4 Å². The van der Waals surface area contributed by atoms with Crippen LogP contribution in [-0.2, 0) is 4.74 Å². The Morgan fingerprint density at radius 1 is 0.857 bits per heavy atom. The largest absolute Gasteiger partial charge is 0.491 e. The van der Waals surface area contributed by atoms with Crippen molar-refractivity contribution in [2.24, 2.45) is 0 Å². The van der Waals surface area contributed by atoms with Crippen LogP contribution in [0.3, 0.4) is 0 Å². The highest BCUT2D eigenvalue weighted by Gasteiger charge is 2.30. The molecular weight excluding hydrogens is 463 g/mol. The Kier molecular flexibility index (Phi) is 7.55. The van der Waals surface area contributed by atoms with Crippen molar-refractivity contribution in [3.05, 3.63) is 94.3 Å². The first kappa shape index (κ1) is 24.9. The van der Waals surface area contributed by atoms with Crippen LogP contribution in [0.4, 0.5) is 22.0 Å². The van der Waals surface area contributed by atoms with Gasteiger partial charge in [0.1, 0.15) is 5.82 Å². The van der Waals surface area contributed by atoms with Crippen molar-refractivity contribution in [2.45, 2.75) is 38.7 Å². The van der Waals surface area contributed by atoms with Gasteiger partial charge in [0.25, 0.3) is 0 Å². The Bertz CT molecular complexity index is 1250. The molecule has 0 spiro atoms. The number of halogens is 5. The van der Waals surface area contributed by atoms with E-state index in [4.69, 9.17) is 9.47 Å². The molecule has 1 heterocycles. The minimum Gasteiger partial charge on any atom is -0.491 e. The molecule has 184 valence electrons. The lowest BCUT2D eigenvalue weighted by Crippen LogP contribution is -2.21. The predicted molar refractivity (Wildman–Crippen MR) is 125 cm³/mol. The van der Waals surface area contributed by atoms with Crippen LogP contribution in [0.5, 0.6) is 5.75 Å². The molecule has 1 aliphatic rings. The summed E-state index contributed by atoms with van der Waals surface area (Å²) in [6.07, 6.45) is 3.76. The van der Waals surface area contributed by atoms with Gasteiger partial charge in [0, 0.05) is 22.6 Å². The predicted octanol–water partition coefficient (Wildman–Crippen LogP) is 8.12. The van der Waals surface area contributed by atoms with Gasteiger partial charge in [-0.15, -0.1) is 0 Å². The molecular formula is C28H25F5O2. The zero-order valence-corrected chi connectivity index (χ0v) is 19.4. The second-order valence-electron chi connectivity index (χ2n) is 8.38. The quantitative estimate of drug-likeness (QED) is 0.326. The van der Waals surface area contributed by atoms with Gasteiger partial charge in [-0.3, -0.25) is 0 Å². The molecule has 1 aliphatic heterocycles. The monoisotopic (exact) mass is 488 g/mol. The van der Waals surface area contributed by atoms with Crippen LogP contribution in [-0.4, -0.2) is 13.2 Å². The van der Waals surface area contributed by atoms with Crippen molar-refractivity contribution >= 4 is 6.08 Å². The number of rotatable bonds is 6. The summed E-state index contributed by atoms with van der Waals surface area (Å²) in [6.45, 7) is 3.74. The van der Waals surface area contributed by atoms with Gasteiger partial charge in [0.15, 0.2) is 23.2 Å². The molecule has 4 rings (SSSR count). The van der Waals surface area contributed by atoms with Gasteiger partial charge in [0.05, 0.1) is 19.3 Å². The zero-order chi connectivity index (χ0) is 25.1. The Labute approximate surface area is 201 Å². The lowest BCUT2D eigenvalue weighted by molar-refractivity contribution is -0.000531. The first-order valence-corrected chi connectivity index (χ1v) is 11.5. The SMILES string of the molecule is C/C=C/c1ccc(C2CCC(c3ccc(-c4ccc(OCC)c(F)c4F)c(F)c3F)OC2)c(F)c1. The summed E-state index contributed by atoms with van der Waals surface area (Å²) in [5.74, 6) is -5.90. The van der Waals surface area contributed by atoms with Crippen molar-refractivity contribution in [3.8, 4) is 16.9 Å². The van der Waals surface area contributed by atoms with Crippen LogP contribution in [0.2, 0.25) is 0 Å². The molecule has 3 aromatic carbocycles. The van der Waals surface area contributed by atoms with Crippen LogP contribution in [0, 0.1) is 29.1 Å². The summed E-state index contributed by atoms with van der Waals surface area (Å²) in [7, 11) is 0. The maximum absolute atomic E-state index is 15.0. The van der Waals surface area contributed by atoms with E-state index >= 15 is 4.39 Å². The van der Waals surface area contributed by atoms with E-state index in [0.717, 1.165) is 11.6 Å². The maximum Gasteiger partial charge on any atom is 0.201 e. The molecule has 0 aromatic heterocycles. The molecule has 2 nitrogen and oxygen atoms in total. The smallest absolute Gasteiger partial charge is 0.201 e. The Morgan fingerprint density at radius 2 is 1.54 bits per heavy atom. The Hall–Kier alpha value is -3.19. The van der Waals surface area contributed by atoms with E-state index in [9.17, 15) is 17.6 Å². The summed E-state index contributed by atoms with van der Waals surface area (Å²) >= 11 is 0. The number of benzene rings is 3. The molecule has 2 atom stereocenters. The van der Waals surface area contributed by atoms with Crippen LogP contribution in [0.25, 0.3) is 17.2 Å². The molecule has 35 heavy (non-hydrogen) atoms. The third-order valence-corrected chi connectivity index (χ3v) is 6.20. The van der Waals surface area contributed by atoms with E-state index in [1.54, 1.807) is 19.1 Å². The van der Waals surface area contributed by atoms with Crippen molar-refractivity contribution in [1.82, 2.24) is 0 Å². The van der Waals surface area contributed by atoms with Crippen LogP contribution >= 0.6 is 0 Å². The minimum atomic E-state index is -1.32. The standard InChI is InChI=1S/C28H25F5O2/c1-3-5-16-6-8-18(22(29)14-16)17-7-12-23(35-15-17)21-10-9-19(25(30)27(21)32)20-11-13-24(34-4-2)28(33)26(20)31/h3,5-6,8-11,13-14,17,23H,4,7,12,15H2,1-2H3/b5-3+. The molecule has 1 saturated heterocycles. The van der Waals surface area contributed by atoms with Crippen LogP contribution < -0.4 is 4.74 Å². The topological polar surface area (TPSA) is 18.5 Å². The molecule has 3 aromatic rings. The molecule has 0 amide bonds.